The Morgan fingerprint density at radius 2 is 2.20 bits per heavy atom. The van der Waals surface area contributed by atoms with Gasteiger partial charge in [-0.15, -0.1) is 0 Å². The van der Waals surface area contributed by atoms with Crippen molar-refractivity contribution in [1.82, 2.24) is 0 Å². The van der Waals surface area contributed by atoms with Gasteiger partial charge in [-0.05, 0) is 36.8 Å². The molecular weight excluding hydrogens is 184 g/mol. The summed E-state index contributed by atoms with van der Waals surface area (Å²) in [4.78, 5) is 2.37. The van der Waals surface area contributed by atoms with Crippen LogP contribution in [0.5, 0.6) is 0 Å². The molecule has 0 spiro atoms. The van der Waals surface area contributed by atoms with Gasteiger partial charge in [0, 0.05) is 24.8 Å². The molecule has 0 atom stereocenters. The average molecular weight is 202 g/mol. The van der Waals surface area contributed by atoms with E-state index in [1.807, 2.05) is 0 Å². The summed E-state index contributed by atoms with van der Waals surface area (Å²) < 4.78 is 0. The SMILES string of the molecule is CN1CCc2cccc(CC3(N)CC3)c21. The lowest BCUT2D eigenvalue weighted by Gasteiger charge is -2.18. The Morgan fingerprint density at radius 1 is 1.40 bits per heavy atom. The van der Waals surface area contributed by atoms with Gasteiger partial charge in [-0.1, -0.05) is 18.2 Å². The lowest BCUT2D eigenvalue weighted by Crippen LogP contribution is -2.25. The second kappa shape index (κ2) is 2.99. The fourth-order valence-electron chi connectivity index (χ4n) is 2.60. The summed E-state index contributed by atoms with van der Waals surface area (Å²) in [7, 11) is 2.19. The van der Waals surface area contributed by atoms with Crippen LogP contribution in [0.25, 0.3) is 0 Å². The standard InChI is InChI=1S/C13H18N2/c1-15-8-5-10-3-2-4-11(12(10)15)9-13(14)6-7-13/h2-4H,5-9,14H2,1H3. The molecule has 0 radical (unpaired) electrons. The van der Waals surface area contributed by atoms with Gasteiger partial charge in [0.15, 0.2) is 0 Å². The Hall–Kier alpha value is -1.02. The molecule has 1 saturated carbocycles. The van der Waals surface area contributed by atoms with Crippen LogP contribution in [0.4, 0.5) is 5.69 Å². The van der Waals surface area contributed by atoms with Crippen LogP contribution in [-0.4, -0.2) is 19.1 Å². The summed E-state index contributed by atoms with van der Waals surface area (Å²) in [5.41, 5.74) is 10.7. The second-order valence-electron chi connectivity index (χ2n) is 5.14. The maximum atomic E-state index is 6.20. The van der Waals surface area contributed by atoms with E-state index in [4.69, 9.17) is 5.73 Å². The lowest BCUT2D eigenvalue weighted by molar-refractivity contribution is 0.671. The highest BCUT2D eigenvalue weighted by Crippen LogP contribution is 2.40. The molecule has 1 fully saturated rings. The molecule has 3 rings (SSSR count). The van der Waals surface area contributed by atoms with E-state index in [2.05, 4.69) is 30.1 Å². The Labute approximate surface area is 91.1 Å². The van der Waals surface area contributed by atoms with E-state index < -0.39 is 0 Å². The maximum absolute atomic E-state index is 6.20. The van der Waals surface area contributed by atoms with Gasteiger partial charge < -0.3 is 10.6 Å². The molecule has 2 aliphatic rings. The molecule has 1 aromatic carbocycles. The number of likely N-dealkylation sites (N-methyl/N-ethyl adjacent to an activating group) is 1. The largest absolute Gasteiger partial charge is 0.374 e. The number of hydrogen-bond acceptors (Lipinski definition) is 2. The molecule has 2 nitrogen and oxygen atoms in total. The highest BCUT2D eigenvalue weighted by Gasteiger charge is 2.39. The number of nitrogens with two attached hydrogens (primary N) is 1. The van der Waals surface area contributed by atoms with Crippen molar-refractivity contribution in [3.05, 3.63) is 29.3 Å². The van der Waals surface area contributed by atoms with E-state index in [1.54, 1.807) is 0 Å². The van der Waals surface area contributed by atoms with Gasteiger partial charge >= 0.3 is 0 Å². The van der Waals surface area contributed by atoms with E-state index in [9.17, 15) is 0 Å². The predicted molar refractivity (Wildman–Crippen MR) is 63.3 cm³/mol. The van der Waals surface area contributed by atoms with E-state index in [1.165, 1.54) is 36.1 Å². The van der Waals surface area contributed by atoms with Gasteiger partial charge in [0.1, 0.15) is 0 Å². The van der Waals surface area contributed by atoms with Crippen LogP contribution in [0.1, 0.15) is 24.0 Å². The number of anilines is 1. The average Bonchev–Trinajstić information content (AvgIpc) is 2.80. The fraction of sp³-hybridized carbons (Fsp3) is 0.538. The number of benzene rings is 1. The first-order valence-corrected chi connectivity index (χ1v) is 5.79. The molecule has 0 aromatic heterocycles. The van der Waals surface area contributed by atoms with E-state index in [0.29, 0.717) is 0 Å². The summed E-state index contributed by atoms with van der Waals surface area (Å²) in [6.45, 7) is 1.16. The van der Waals surface area contributed by atoms with Crippen molar-refractivity contribution in [2.75, 3.05) is 18.5 Å². The highest BCUT2D eigenvalue weighted by atomic mass is 15.1. The Balaban J connectivity index is 1.97. The van der Waals surface area contributed by atoms with Crippen molar-refractivity contribution in [3.8, 4) is 0 Å². The number of nitrogens with zero attached hydrogens (tertiary/aromatic N) is 1. The third-order valence-electron chi connectivity index (χ3n) is 3.74. The van der Waals surface area contributed by atoms with Crippen molar-refractivity contribution in [2.24, 2.45) is 5.73 Å². The quantitative estimate of drug-likeness (QED) is 0.791. The molecule has 1 aromatic rings. The van der Waals surface area contributed by atoms with Crippen LogP contribution in [-0.2, 0) is 12.8 Å². The molecule has 2 heteroatoms. The van der Waals surface area contributed by atoms with Gasteiger partial charge in [-0.2, -0.15) is 0 Å². The van der Waals surface area contributed by atoms with Crippen molar-refractivity contribution >= 4 is 5.69 Å². The molecule has 1 aliphatic carbocycles. The first-order chi connectivity index (χ1) is 7.18. The van der Waals surface area contributed by atoms with Crippen LogP contribution in [0.15, 0.2) is 18.2 Å². The molecule has 2 N–H and O–H groups in total. The van der Waals surface area contributed by atoms with Crippen LogP contribution in [0.2, 0.25) is 0 Å². The van der Waals surface area contributed by atoms with Crippen LogP contribution < -0.4 is 10.6 Å². The summed E-state index contributed by atoms with van der Waals surface area (Å²) >= 11 is 0. The van der Waals surface area contributed by atoms with Gasteiger partial charge in [0.25, 0.3) is 0 Å². The van der Waals surface area contributed by atoms with Gasteiger partial charge in [0.2, 0.25) is 0 Å². The van der Waals surface area contributed by atoms with Crippen LogP contribution in [0, 0.1) is 0 Å². The van der Waals surface area contributed by atoms with E-state index in [0.717, 1.165) is 13.0 Å². The summed E-state index contributed by atoms with van der Waals surface area (Å²) in [5, 5.41) is 0. The Morgan fingerprint density at radius 3 is 2.93 bits per heavy atom. The smallest absolute Gasteiger partial charge is 0.0430 e. The summed E-state index contributed by atoms with van der Waals surface area (Å²) in [5.74, 6) is 0. The normalized spacial score (nSPS) is 21.6. The second-order valence-corrected chi connectivity index (χ2v) is 5.14. The number of para-hydroxylation sites is 1. The minimum Gasteiger partial charge on any atom is -0.374 e. The fourth-order valence-corrected chi connectivity index (χ4v) is 2.60. The van der Waals surface area contributed by atoms with Gasteiger partial charge in [-0.25, -0.2) is 0 Å². The zero-order chi connectivity index (χ0) is 10.5. The van der Waals surface area contributed by atoms with Crippen molar-refractivity contribution in [3.63, 3.8) is 0 Å². The Kier molecular flexibility index (Phi) is 1.84. The topological polar surface area (TPSA) is 29.3 Å². The van der Waals surface area contributed by atoms with E-state index in [-0.39, 0.29) is 5.54 Å². The lowest BCUT2D eigenvalue weighted by atomic mass is 10.00. The molecule has 0 bridgehead atoms. The third kappa shape index (κ3) is 1.53. The van der Waals surface area contributed by atoms with Gasteiger partial charge in [0.05, 0.1) is 0 Å². The molecule has 15 heavy (non-hydrogen) atoms. The molecule has 0 unspecified atom stereocenters. The molecule has 0 amide bonds. The first-order valence-electron chi connectivity index (χ1n) is 5.79. The maximum Gasteiger partial charge on any atom is 0.0430 e. The minimum absolute atomic E-state index is 0.124. The third-order valence-corrected chi connectivity index (χ3v) is 3.74. The highest BCUT2D eigenvalue weighted by molar-refractivity contribution is 5.63. The molecule has 80 valence electrons. The van der Waals surface area contributed by atoms with E-state index >= 15 is 0 Å². The van der Waals surface area contributed by atoms with Crippen molar-refractivity contribution in [1.29, 1.82) is 0 Å². The summed E-state index contributed by atoms with van der Waals surface area (Å²) in [6.07, 6.45) is 4.64. The Bertz CT molecular complexity index is 394. The molecule has 1 aliphatic heterocycles. The minimum atomic E-state index is 0.124. The number of rotatable bonds is 2. The van der Waals surface area contributed by atoms with Crippen molar-refractivity contribution in [2.45, 2.75) is 31.2 Å². The number of hydrogen-bond donors (Lipinski definition) is 1. The molecule has 0 saturated heterocycles. The first kappa shape index (κ1) is 9.22. The van der Waals surface area contributed by atoms with Gasteiger partial charge in [-0.3, -0.25) is 0 Å². The van der Waals surface area contributed by atoms with Crippen molar-refractivity contribution < 1.29 is 0 Å². The molecule has 1 heterocycles. The monoisotopic (exact) mass is 202 g/mol. The number of fused-ring (bicyclic) bond motifs is 1. The predicted octanol–water partition coefficient (Wildman–Crippen LogP) is 1.71. The van der Waals surface area contributed by atoms with Crippen LogP contribution >= 0.6 is 0 Å². The zero-order valence-electron chi connectivity index (χ0n) is 9.29. The molecular formula is C13H18N2. The summed E-state index contributed by atoms with van der Waals surface area (Å²) in [6, 6.07) is 6.67. The van der Waals surface area contributed by atoms with Crippen LogP contribution in [0.3, 0.4) is 0 Å². The zero-order valence-corrected chi connectivity index (χ0v) is 9.29.